The van der Waals surface area contributed by atoms with Gasteiger partial charge in [-0.1, -0.05) is 6.58 Å². The molecule has 0 aromatic heterocycles. The zero-order valence-corrected chi connectivity index (χ0v) is 14.7. The molecule has 20 heteroatoms. The van der Waals surface area contributed by atoms with E-state index in [-0.39, 0.29) is 0 Å². The highest BCUT2D eigenvalue weighted by atomic mass is 19.4. The molecule has 1 unspecified atom stereocenters. The minimum Gasteiger partial charge on any atom is -0.478 e. The summed E-state index contributed by atoms with van der Waals surface area (Å²) in [5.41, 5.74) is -2.10. The third-order valence-corrected chi connectivity index (χ3v) is 3.88. The van der Waals surface area contributed by atoms with Crippen molar-refractivity contribution in [1.29, 1.82) is 0 Å². The molecule has 0 bridgehead atoms. The Morgan fingerprint density at radius 1 is 0.606 bits per heavy atom. The second-order valence-electron chi connectivity index (χ2n) is 6.15. The molecule has 0 amide bonds. The SMILES string of the molecule is C=C(C(=O)O)C(F)CC(F)(F)C(F)(F)C(F)(F)C(F)(F)C(F)(F)C(F)(F)C(F)(F)C(F)(F)F. The predicted octanol–water partition coefficient (Wildman–Crippen LogP) is 6.36. The van der Waals surface area contributed by atoms with Crippen molar-refractivity contribution in [3.05, 3.63) is 12.2 Å². The van der Waals surface area contributed by atoms with Gasteiger partial charge in [-0.3, -0.25) is 0 Å². The predicted molar refractivity (Wildman–Crippen MR) is 67.0 cm³/mol. The van der Waals surface area contributed by atoms with Crippen LogP contribution < -0.4 is 0 Å². The number of aliphatic carboxylic acids is 1. The second-order valence-corrected chi connectivity index (χ2v) is 6.15. The van der Waals surface area contributed by atoms with Crippen molar-refractivity contribution in [2.24, 2.45) is 0 Å². The van der Waals surface area contributed by atoms with Gasteiger partial charge < -0.3 is 5.11 Å². The lowest BCUT2D eigenvalue weighted by Gasteiger charge is -2.43. The first-order valence-corrected chi connectivity index (χ1v) is 7.26. The van der Waals surface area contributed by atoms with Crippen LogP contribution in [0.2, 0.25) is 0 Å². The van der Waals surface area contributed by atoms with E-state index in [4.69, 9.17) is 5.11 Å². The maximum Gasteiger partial charge on any atom is 0.460 e. The fourth-order valence-corrected chi connectivity index (χ4v) is 1.81. The molecule has 196 valence electrons. The van der Waals surface area contributed by atoms with Crippen LogP contribution in [0.15, 0.2) is 12.2 Å². The van der Waals surface area contributed by atoms with Crippen LogP contribution in [0.25, 0.3) is 0 Å². The van der Waals surface area contributed by atoms with Crippen molar-refractivity contribution in [3.8, 4) is 0 Å². The van der Waals surface area contributed by atoms with E-state index in [1.807, 2.05) is 0 Å². The van der Waals surface area contributed by atoms with E-state index in [1.165, 1.54) is 0 Å². The lowest BCUT2D eigenvalue weighted by molar-refractivity contribution is -0.462. The van der Waals surface area contributed by atoms with Gasteiger partial charge >= 0.3 is 53.6 Å². The topological polar surface area (TPSA) is 37.3 Å². The second kappa shape index (κ2) is 8.02. The molecule has 0 saturated heterocycles. The number of alkyl halides is 18. The zero-order chi connectivity index (χ0) is 27.4. The van der Waals surface area contributed by atoms with Gasteiger partial charge in [0.1, 0.15) is 6.17 Å². The van der Waals surface area contributed by atoms with Crippen LogP contribution in [0.3, 0.4) is 0 Å². The monoisotopic (exact) mass is 536 g/mol. The highest BCUT2D eigenvalue weighted by Crippen LogP contribution is 2.64. The van der Waals surface area contributed by atoms with Gasteiger partial charge in [0.05, 0.1) is 12.0 Å². The summed E-state index contributed by atoms with van der Waals surface area (Å²) in [5, 5.41) is 8.19. The van der Waals surface area contributed by atoms with Crippen molar-refractivity contribution >= 4 is 5.97 Å². The Bertz CT molecular complexity index is 764. The Labute approximate surface area is 168 Å². The molecule has 0 aromatic carbocycles. The van der Waals surface area contributed by atoms with Gasteiger partial charge in [0.2, 0.25) is 0 Å². The normalized spacial score (nSPS) is 16.5. The fourth-order valence-electron chi connectivity index (χ4n) is 1.81. The third kappa shape index (κ3) is 4.28. The molecule has 1 atom stereocenters. The van der Waals surface area contributed by atoms with Crippen molar-refractivity contribution in [1.82, 2.24) is 0 Å². The Balaban J connectivity index is 6.64. The molecule has 0 fully saturated rings. The maximum absolute atomic E-state index is 13.4. The van der Waals surface area contributed by atoms with Gasteiger partial charge in [0.15, 0.2) is 0 Å². The quantitative estimate of drug-likeness (QED) is 0.261. The van der Waals surface area contributed by atoms with Crippen LogP contribution in [0.4, 0.5) is 79.0 Å². The molecule has 2 nitrogen and oxygen atoms in total. The van der Waals surface area contributed by atoms with Crippen LogP contribution in [-0.4, -0.2) is 64.9 Å². The summed E-state index contributed by atoms with van der Waals surface area (Å²) in [4.78, 5) is 10.3. The summed E-state index contributed by atoms with van der Waals surface area (Å²) in [6.07, 6.45) is -15.4. The Kier molecular flexibility index (Phi) is 7.52. The molecule has 33 heavy (non-hydrogen) atoms. The largest absolute Gasteiger partial charge is 0.478 e. The number of carboxylic acid groups (broad SMARTS) is 1. The molecule has 0 saturated carbocycles. The van der Waals surface area contributed by atoms with Crippen LogP contribution in [-0.2, 0) is 4.79 Å². The van der Waals surface area contributed by atoms with Crippen LogP contribution in [0.5, 0.6) is 0 Å². The first-order chi connectivity index (χ1) is 14.0. The molecule has 0 aliphatic heterocycles. The Morgan fingerprint density at radius 3 is 1.15 bits per heavy atom. The highest BCUT2D eigenvalue weighted by Gasteiger charge is 2.95. The molecule has 0 aliphatic carbocycles. The maximum atomic E-state index is 13.4. The number of rotatable bonds is 10. The van der Waals surface area contributed by atoms with E-state index in [1.54, 1.807) is 0 Å². The van der Waals surface area contributed by atoms with Gasteiger partial charge in [-0.2, -0.15) is 74.6 Å². The Hall–Kier alpha value is -2.05. The number of hydrogen-bond acceptors (Lipinski definition) is 1. The molecule has 0 radical (unpaired) electrons. The summed E-state index contributed by atoms with van der Waals surface area (Å²) in [6.45, 7) is 2.16. The molecule has 0 aliphatic rings. The van der Waals surface area contributed by atoms with Crippen molar-refractivity contribution in [2.45, 2.75) is 60.2 Å². The lowest BCUT2D eigenvalue weighted by atomic mass is 9.87. The first kappa shape index (κ1) is 30.9. The standard InChI is InChI=1S/C13H6F18O2/c1-3(5(32)33)4(14)2-6(15,16)7(17,18)8(19,20)9(21,22)10(23,24)11(25,26)12(27,28)13(29,30)31/h4H,1-2H2,(H,32,33). The highest BCUT2D eigenvalue weighted by molar-refractivity contribution is 5.86. The van der Waals surface area contributed by atoms with E-state index in [9.17, 15) is 83.8 Å². The summed E-state index contributed by atoms with van der Waals surface area (Å²) in [7, 11) is 0. The molecular weight excluding hydrogens is 530 g/mol. The number of carbonyl (C=O) groups is 1. The number of carboxylic acids is 1. The van der Waals surface area contributed by atoms with E-state index in [2.05, 4.69) is 6.58 Å². The average molecular weight is 536 g/mol. The minimum atomic E-state index is -8.79. The van der Waals surface area contributed by atoms with Crippen molar-refractivity contribution < 1.29 is 88.9 Å². The molecule has 0 heterocycles. The first-order valence-electron chi connectivity index (χ1n) is 7.26. The van der Waals surface area contributed by atoms with Gasteiger partial charge in [-0.15, -0.1) is 0 Å². The molecule has 0 spiro atoms. The van der Waals surface area contributed by atoms with Crippen LogP contribution >= 0.6 is 0 Å². The van der Waals surface area contributed by atoms with Gasteiger partial charge in [-0.25, -0.2) is 9.18 Å². The van der Waals surface area contributed by atoms with Gasteiger partial charge in [0.25, 0.3) is 0 Å². The van der Waals surface area contributed by atoms with E-state index in [0.717, 1.165) is 0 Å². The summed E-state index contributed by atoms with van der Waals surface area (Å²) in [6, 6.07) is 0. The summed E-state index contributed by atoms with van der Waals surface area (Å²) in [5.74, 6) is -60.7. The van der Waals surface area contributed by atoms with Gasteiger partial charge in [0, 0.05) is 0 Å². The lowest BCUT2D eigenvalue weighted by Crippen LogP contribution is -2.74. The number of hydrogen-bond donors (Lipinski definition) is 1. The van der Waals surface area contributed by atoms with E-state index < -0.39 is 71.8 Å². The van der Waals surface area contributed by atoms with Crippen LogP contribution in [0, 0.1) is 0 Å². The fraction of sp³-hybridized carbons (Fsp3) is 0.769. The zero-order valence-electron chi connectivity index (χ0n) is 14.7. The number of halogens is 18. The van der Waals surface area contributed by atoms with Crippen molar-refractivity contribution in [3.63, 3.8) is 0 Å². The van der Waals surface area contributed by atoms with Crippen molar-refractivity contribution in [2.75, 3.05) is 0 Å². The van der Waals surface area contributed by atoms with Crippen LogP contribution in [0.1, 0.15) is 6.42 Å². The minimum absolute atomic E-state index is 2.10. The van der Waals surface area contributed by atoms with E-state index in [0.29, 0.717) is 0 Å². The summed E-state index contributed by atoms with van der Waals surface area (Å²) >= 11 is 0. The molecular formula is C13H6F18O2. The molecule has 0 aromatic rings. The Morgan fingerprint density at radius 2 is 0.879 bits per heavy atom. The summed E-state index contributed by atoms with van der Waals surface area (Å²) < 4.78 is 234. The average Bonchev–Trinajstić information content (AvgIpc) is 2.58. The smallest absolute Gasteiger partial charge is 0.460 e. The van der Waals surface area contributed by atoms with Gasteiger partial charge in [-0.05, 0) is 0 Å². The molecule has 1 N–H and O–H groups in total. The third-order valence-electron chi connectivity index (χ3n) is 3.88. The van der Waals surface area contributed by atoms with E-state index >= 15 is 0 Å². The molecule has 0 rings (SSSR count).